The Kier molecular flexibility index (Phi) is 4.97. The van der Waals surface area contributed by atoms with Gasteiger partial charge in [-0.1, -0.05) is 17.7 Å². The average molecular weight is 485 g/mol. The Morgan fingerprint density at radius 3 is 2.34 bits per heavy atom. The third-order valence-electron chi connectivity index (χ3n) is 6.34. The maximum Gasteiger partial charge on any atom is 0.266 e. The van der Waals surface area contributed by atoms with Crippen LogP contribution in [0.15, 0.2) is 29.2 Å². The Bertz CT molecular complexity index is 1040. The van der Waals surface area contributed by atoms with Crippen LogP contribution >= 0.6 is 12.2 Å². The summed E-state index contributed by atoms with van der Waals surface area (Å²) in [7, 11) is -4.05. The summed E-state index contributed by atoms with van der Waals surface area (Å²) in [5.74, 6) is -1.76. The summed E-state index contributed by atoms with van der Waals surface area (Å²) in [6.07, 6.45) is -2.77. The summed E-state index contributed by atoms with van der Waals surface area (Å²) in [6.45, 7) is 9.50. The highest BCUT2D eigenvalue weighted by atomic mass is 32.2. The van der Waals surface area contributed by atoms with Crippen LogP contribution in [0.1, 0.15) is 33.3 Å². The molecule has 4 saturated heterocycles. The summed E-state index contributed by atoms with van der Waals surface area (Å²) in [6, 6.07) is 6.67. The molecular formula is C21H28N2O7S2. The minimum atomic E-state index is -4.05. The summed E-state index contributed by atoms with van der Waals surface area (Å²) in [5, 5.41) is 3.16. The van der Waals surface area contributed by atoms with E-state index in [1.807, 2.05) is 20.8 Å². The van der Waals surface area contributed by atoms with Crippen LogP contribution in [0.4, 0.5) is 0 Å². The zero-order chi connectivity index (χ0) is 23.1. The van der Waals surface area contributed by atoms with E-state index >= 15 is 0 Å². The fourth-order valence-electron chi connectivity index (χ4n) is 5.00. The minimum absolute atomic E-state index is 0.0892. The van der Waals surface area contributed by atoms with E-state index in [2.05, 4.69) is 5.32 Å². The molecule has 4 aliphatic rings. The first-order valence-electron chi connectivity index (χ1n) is 10.6. The third-order valence-corrected chi connectivity index (χ3v) is 8.65. The second-order valence-electron chi connectivity index (χ2n) is 9.58. The number of hydrogen-bond donors (Lipinski definition) is 1. The highest BCUT2D eigenvalue weighted by Gasteiger charge is 2.73. The molecule has 1 unspecified atom stereocenters. The van der Waals surface area contributed by atoms with Gasteiger partial charge in [-0.3, -0.25) is 0 Å². The molecule has 0 radical (unpaired) electrons. The molecule has 4 heterocycles. The number of nitrogens with one attached hydrogen (secondary N) is 1. The van der Waals surface area contributed by atoms with Gasteiger partial charge in [-0.2, -0.15) is 0 Å². The van der Waals surface area contributed by atoms with Crippen LogP contribution in [0, 0.1) is 6.92 Å². The van der Waals surface area contributed by atoms with Crippen LogP contribution in [0.5, 0.6) is 0 Å². The van der Waals surface area contributed by atoms with E-state index in [0.717, 1.165) is 5.56 Å². The molecule has 1 aromatic rings. The lowest BCUT2D eigenvalue weighted by atomic mass is 9.86. The Labute approximate surface area is 193 Å². The lowest BCUT2D eigenvalue weighted by Gasteiger charge is -2.41. The van der Waals surface area contributed by atoms with Crippen molar-refractivity contribution in [3.63, 3.8) is 0 Å². The SMILES string of the molecule is Cc1ccc(S(=O)(=O)N2C(=S)NC[C@@]23[C@@H](C2COC(C)(C)O2)O[C@@H]2OC(C)(C)O[C@@H]23)cc1. The van der Waals surface area contributed by atoms with E-state index in [1.165, 1.54) is 4.31 Å². The zero-order valence-electron chi connectivity index (χ0n) is 18.7. The van der Waals surface area contributed by atoms with Gasteiger partial charge >= 0.3 is 0 Å². The Hall–Kier alpha value is -1.34. The molecule has 5 atom stereocenters. The molecular weight excluding hydrogens is 456 g/mol. The van der Waals surface area contributed by atoms with Gasteiger partial charge in [0.2, 0.25) is 0 Å². The molecule has 0 saturated carbocycles. The number of hydrogen-bond acceptors (Lipinski definition) is 8. The standard InChI is InChI=1S/C21H28N2O7S2/c1-12-6-8-13(9-7-12)32(24,25)23-18(31)22-11-21(23)15(14-10-26-19(2,3)28-14)27-17-16(21)29-20(4,5)30-17/h6-9,14-17H,10-11H2,1-5H3,(H,22,31)/t14?,15-,16+,17-,21+/m1/s1. The predicted octanol–water partition coefficient (Wildman–Crippen LogP) is 1.64. The second-order valence-corrected chi connectivity index (χ2v) is 11.8. The molecule has 9 nitrogen and oxygen atoms in total. The fraction of sp³-hybridized carbons (Fsp3) is 0.667. The van der Waals surface area contributed by atoms with E-state index in [-0.39, 0.29) is 23.2 Å². The topological polar surface area (TPSA) is 95.6 Å². The van der Waals surface area contributed by atoms with E-state index < -0.39 is 51.7 Å². The Morgan fingerprint density at radius 1 is 1.03 bits per heavy atom. The van der Waals surface area contributed by atoms with Crippen molar-refractivity contribution in [2.24, 2.45) is 0 Å². The Balaban J connectivity index is 1.63. The normalized spacial score (nSPS) is 37.8. The Morgan fingerprint density at radius 2 is 1.72 bits per heavy atom. The largest absolute Gasteiger partial charge is 0.359 e. The van der Waals surface area contributed by atoms with Crippen molar-refractivity contribution in [1.29, 1.82) is 0 Å². The van der Waals surface area contributed by atoms with Gasteiger partial charge in [-0.15, -0.1) is 0 Å². The zero-order valence-corrected chi connectivity index (χ0v) is 20.3. The molecule has 1 aromatic carbocycles. The van der Waals surface area contributed by atoms with Crippen molar-refractivity contribution in [3.8, 4) is 0 Å². The highest BCUT2D eigenvalue weighted by molar-refractivity contribution is 7.91. The minimum Gasteiger partial charge on any atom is -0.359 e. The quantitative estimate of drug-likeness (QED) is 0.643. The molecule has 0 bridgehead atoms. The predicted molar refractivity (Wildman–Crippen MR) is 117 cm³/mol. The van der Waals surface area contributed by atoms with Crippen molar-refractivity contribution >= 4 is 27.4 Å². The van der Waals surface area contributed by atoms with E-state index in [1.54, 1.807) is 38.1 Å². The second kappa shape index (κ2) is 7.08. The fourth-order valence-corrected chi connectivity index (χ4v) is 7.23. The van der Waals surface area contributed by atoms with Crippen LogP contribution in [-0.2, 0) is 33.7 Å². The number of sulfonamides is 1. The summed E-state index contributed by atoms with van der Waals surface area (Å²) in [4.78, 5) is 0.137. The van der Waals surface area contributed by atoms with Crippen molar-refractivity contribution < 1.29 is 32.1 Å². The summed E-state index contributed by atoms with van der Waals surface area (Å²) in [5.41, 5.74) is -0.260. The van der Waals surface area contributed by atoms with Gasteiger partial charge in [0.1, 0.15) is 23.9 Å². The molecule has 4 fully saturated rings. The molecule has 1 spiro atoms. The van der Waals surface area contributed by atoms with Gasteiger partial charge in [-0.25, -0.2) is 12.7 Å². The molecule has 11 heteroatoms. The number of fused-ring (bicyclic) bond motifs is 2. The van der Waals surface area contributed by atoms with Gasteiger partial charge in [0, 0.05) is 6.54 Å². The first-order chi connectivity index (χ1) is 14.9. The van der Waals surface area contributed by atoms with E-state index in [0.29, 0.717) is 0 Å². The molecule has 0 aromatic heterocycles. The average Bonchev–Trinajstić information content (AvgIpc) is 3.38. The summed E-state index contributed by atoms with van der Waals surface area (Å²) >= 11 is 5.53. The van der Waals surface area contributed by atoms with E-state index in [4.69, 9.17) is 35.9 Å². The number of aryl methyl sites for hydroxylation is 1. The van der Waals surface area contributed by atoms with Crippen LogP contribution in [0.3, 0.4) is 0 Å². The molecule has 0 amide bonds. The van der Waals surface area contributed by atoms with Gasteiger partial charge in [0.25, 0.3) is 10.0 Å². The number of rotatable bonds is 3. The van der Waals surface area contributed by atoms with Crippen molar-refractivity contribution in [3.05, 3.63) is 29.8 Å². The van der Waals surface area contributed by atoms with Gasteiger partial charge in [0.05, 0.1) is 11.5 Å². The first kappa shape index (κ1) is 22.5. The number of nitrogens with zero attached hydrogens (tertiary/aromatic N) is 1. The van der Waals surface area contributed by atoms with Gasteiger partial charge in [0.15, 0.2) is 23.0 Å². The lowest BCUT2D eigenvalue weighted by molar-refractivity contribution is -0.232. The van der Waals surface area contributed by atoms with E-state index in [9.17, 15) is 8.42 Å². The molecule has 4 aliphatic heterocycles. The van der Waals surface area contributed by atoms with Crippen LogP contribution in [-0.4, -0.2) is 72.7 Å². The van der Waals surface area contributed by atoms with Crippen molar-refractivity contribution in [2.75, 3.05) is 13.2 Å². The number of benzene rings is 1. The third kappa shape index (κ3) is 3.29. The molecule has 5 rings (SSSR count). The van der Waals surface area contributed by atoms with Gasteiger partial charge in [-0.05, 0) is 59.0 Å². The maximum absolute atomic E-state index is 13.9. The molecule has 32 heavy (non-hydrogen) atoms. The maximum atomic E-state index is 13.9. The van der Waals surface area contributed by atoms with Gasteiger partial charge < -0.3 is 29.0 Å². The molecule has 1 N–H and O–H groups in total. The summed E-state index contributed by atoms with van der Waals surface area (Å²) < 4.78 is 59.5. The number of thiocarbonyl (C=S) groups is 1. The number of ether oxygens (including phenoxy) is 5. The van der Waals surface area contributed by atoms with Crippen molar-refractivity contribution in [2.45, 2.75) is 81.2 Å². The molecule has 0 aliphatic carbocycles. The molecule has 176 valence electrons. The van der Waals surface area contributed by atoms with Crippen LogP contribution in [0.2, 0.25) is 0 Å². The van der Waals surface area contributed by atoms with Crippen LogP contribution < -0.4 is 5.32 Å². The van der Waals surface area contributed by atoms with Crippen LogP contribution in [0.25, 0.3) is 0 Å². The monoisotopic (exact) mass is 484 g/mol. The first-order valence-corrected chi connectivity index (χ1v) is 12.4. The highest BCUT2D eigenvalue weighted by Crippen LogP contribution is 2.51. The smallest absolute Gasteiger partial charge is 0.266 e. The van der Waals surface area contributed by atoms with Crippen molar-refractivity contribution in [1.82, 2.24) is 9.62 Å². The lowest BCUT2D eigenvalue weighted by Crippen LogP contribution is -2.65.